The first kappa shape index (κ1) is 10.3. The molecule has 1 rings (SSSR count). The van der Waals surface area contributed by atoms with Crippen molar-refractivity contribution in [2.24, 2.45) is 5.73 Å². The fourth-order valence-electron chi connectivity index (χ4n) is 1.13. The Balaban J connectivity index is 2.41. The predicted octanol–water partition coefficient (Wildman–Crippen LogP) is 1.36. The van der Waals surface area contributed by atoms with Crippen molar-refractivity contribution in [2.75, 3.05) is 13.1 Å². The highest BCUT2D eigenvalue weighted by Gasteiger charge is 2.07. The van der Waals surface area contributed by atoms with E-state index in [1.165, 1.54) is 5.56 Å². The zero-order valence-electron chi connectivity index (χ0n) is 7.49. The van der Waals surface area contributed by atoms with Gasteiger partial charge in [-0.05, 0) is 22.4 Å². The van der Waals surface area contributed by atoms with Gasteiger partial charge in [0.25, 0.3) is 0 Å². The monoisotopic (exact) mass is 194 g/mol. The van der Waals surface area contributed by atoms with E-state index in [2.05, 4.69) is 28.1 Å². The van der Waals surface area contributed by atoms with Gasteiger partial charge in [-0.25, -0.2) is 0 Å². The van der Waals surface area contributed by atoms with Crippen LogP contribution in [0, 0.1) is 12.3 Å². The summed E-state index contributed by atoms with van der Waals surface area (Å²) < 4.78 is 0. The van der Waals surface area contributed by atoms with Crippen molar-refractivity contribution in [1.29, 1.82) is 0 Å². The van der Waals surface area contributed by atoms with Crippen molar-refractivity contribution in [3.8, 4) is 12.3 Å². The summed E-state index contributed by atoms with van der Waals surface area (Å²) in [6.07, 6.45) is 5.91. The van der Waals surface area contributed by atoms with Crippen LogP contribution in [0.15, 0.2) is 16.8 Å². The third-order valence-corrected chi connectivity index (χ3v) is 2.54. The van der Waals surface area contributed by atoms with Crippen LogP contribution in [0.1, 0.15) is 18.0 Å². The normalized spacial score (nSPS) is 12.3. The highest BCUT2D eigenvalue weighted by Crippen LogP contribution is 2.14. The molecule has 0 bridgehead atoms. The molecule has 2 nitrogen and oxygen atoms in total. The van der Waals surface area contributed by atoms with Crippen molar-refractivity contribution in [2.45, 2.75) is 12.5 Å². The Labute approximate surface area is 83.2 Å². The first-order valence-electron chi connectivity index (χ1n) is 4.27. The van der Waals surface area contributed by atoms with Gasteiger partial charge in [-0.15, -0.1) is 12.3 Å². The number of terminal acetylenes is 1. The Kier molecular flexibility index (Phi) is 4.55. The fraction of sp³-hybridized carbons (Fsp3) is 0.400. The van der Waals surface area contributed by atoms with Crippen LogP contribution in [0.2, 0.25) is 0 Å². The van der Waals surface area contributed by atoms with Gasteiger partial charge >= 0.3 is 0 Å². The number of thiophene rings is 1. The molecule has 0 amide bonds. The quantitative estimate of drug-likeness (QED) is 0.548. The molecule has 0 aromatic carbocycles. The SMILES string of the molecule is C#CCCNC(CN)c1ccsc1. The average Bonchev–Trinajstić information content (AvgIpc) is 2.65. The van der Waals surface area contributed by atoms with Gasteiger partial charge in [0.2, 0.25) is 0 Å². The van der Waals surface area contributed by atoms with Crippen molar-refractivity contribution < 1.29 is 0 Å². The lowest BCUT2D eigenvalue weighted by atomic mass is 10.1. The van der Waals surface area contributed by atoms with Gasteiger partial charge in [-0.1, -0.05) is 0 Å². The Morgan fingerprint density at radius 1 is 1.69 bits per heavy atom. The summed E-state index contributed by atoms with van der Waals surface area (Å²) in [7, 11) is 0. The maximum absolute atomic E-state index is 5.64. The second-order valence-electron chi connectivity index (χ2n) is 2.75. The molecule has 1 aromatic rings. The van der Waals surface area contributed by atoms with Gasteiger partial charge in [-0.3, -0.25) is 0 Å². The van der Waals surface area contributed by atoms with Crippen molar-refractivity contribution in [3.05, 3.63) is 22.4 Å². The van der Waals surface area contributed by atoms with Crippen LogP contribution in [0.25, 0.3) is 0 Å². The standard InChI is InChI=1S/C10H14N2S/c1-2-3-5-12-10(7-11)9-4-6-13-8-9/h1,4,6,8,10,12H,3,5,7,11H2. The number of hydrogen-bond acceptors (Lipinski definition) is 3. The molecule has 1 heterocycles. The van der Waals surface area contributed by atoms with Crippen LogP contribution in [-0.4, -0.2) is 13.1 Å². The van der Waals surface area contributed by atoms with E-state index in [1.807, 2.05) is 0 Å². The van der Waals surface area contributed by atoms with Crippen LogP contribution < -0.4 is 11.1 Å². The lowest BCUT2D eigenvalue weighted by molar-refractivity contribution is 0.552. The molecule has 70 valence electrons. The van der Waals surface area contributed by atoms with Gasteiger partial charge < -0.3 is 11.1 Å². The molecular weight excluding hydrogens is 180 g/mol. The molecule has 0 saturated carbocycles. The molecule has 0 aliphatic carbocycles. The minimum atomic E-state index is 0.250. The Hall–Kier alpha value is -0.820. The summed E-state index contributed by atoms with van der Waals surface area (Å²) in [4.78, 5) is 0. The van der Waals surface area contributed by atoms with Gasteiger partial charge in [0.15, 0.2) is 0 Å². The third-order valence-electron chi connectivity index (χ3n) is 1.84. The van der Waals surface area contributed by atoms with E-state index >= 15 is 0 Å². The van der Waals surface area contributed by atoms with Crippen molar-refractivity contribution in [1.82, 2.24) is 5.32 Å². The molecule has 0 spiro atoms. The van der Waals surface area contributed by atoms with E-state index in [0.29, 0.717) is 6.54 Å². The summed E-state index contributed by atoms with van der Waals surface area (Å²) in [6.45, 7) is 1.44. The van der Waals surface area contributed by atoms with E-state index in [4.69, 9.17) is 12.2 Å². The van der Waals surface area contributed by atoms with Crippen molar-refractivity contribution in [3.63, 3.8) is 0 Å². The first-order valence-corrected chi connectivity index (χ1v) is 5.21. The molecule has 1 aromatic heterocycles. The molecule has 1 atom stereocenters. The molecule has 3 N–H and O–H groups in total. The van der Waals surface area contributed by atoms with Crippen LogP contribution in [0.4, 0.5) is 0 Å². The van der Waals surface area contributed by atoms with Crippen LogP contribution in [-0.2, 0) is 0 Å². The van der Waals surface area contributed by atoms with Gasteiger partial charge in [0, 0.05) is 25.6 Å². The molecule has 13 heavy (non-hydrogen) atoms. The zero-order chi connectivity index (χ0) is 9.52. The summed E-state index contributed by atoms with van der Waals surface area (Å²) in [5.41, 5.74) is 6.89. The number of rotatable bonds is 5. The Morgan fingerprint density at radius 2 is 2.54 bits per heavy atom. The maximum atomic E-state index is 5.64. The second kappa shape index (κ2) is 5.76. The third kappa shape index (κ3) is 3.19. The highest BCUT2D eigenvalue weighted by molar-refractivity contribution is 7.07. The Morgan fingerprint density at radius 3 is 3.08 bits per heavy atom. The topological polar surface area (TPSA) is 38.0 Å². The minimum absolute atomic E-state index is 0.250. The number of nitrogens with one attached hydrogen (secondary N) is 1. The first-order chi connectivity index (χ1) is 6.38. The predicted molar refractivity (Wildman–Crippen MR) is 57.6 cm³/mol. The number of hydrogen-bond donors (Lipinski definition) is 2. The van der Waals surface area contributed by atoms with E-state index in [0.717, 1.165) is 13.0 Å². The van der Waals surface area contributed by atoms with Crippen molar-refractivity contribution >= 4 is 11.3 Å². The van der Waals surface area contributed by atoms with Crippen LogP contribution in [0.3, 0.4) is 0 Å². The van der Waals surface area contributed by atoms with Gasteiger partial charge in [-0.2, -0.15) is 11.3 Å². The van der Waals surface area contributed by atoms with E-state index in [1.54, 1.807) is 11.3 Å². The molecule has 0 saturated heterocycles. The summed E-state index contributed by atoms with van der Waals surface area (Å²) in [5.74, 6) is 2.59. The van der Waals surface area contributed by atoms with E-state index < -0.39 is 0 Å². The molecule has 0 aliphatic rings. The summed E-state index contributed by atoms with van der Waals surface area (Å²) in [6, 6.07) is 2.34. The fourth-order valence-corrected chi connectivity index (χ4v) is 1.84. The van der Waals surface area contributed by atoms with Gasteiger partial charge in [0.05, 0.1) is 0 Å². The lowest BCUT2D eigenvalue weighted by Crippen LogP contribution is -2.28. The van der Waals surface area contributed by atoms with Crippen LogP contribution >= 0.6 is 11.3 Å². The van der Waals surface area contributed by atoms with E-state index in [-0.39, 0.29) is 6.04 Å². The molecule has 1 unspecified atom stereocenters. The average molecular weight is 194 g/mol. The molecule has 3 heteroatoms. The smallest absolute Gasteiger partial charge is 0.0453 e. The summed E-state index contributed by atoms with van der Waals surface area (Å²) in [5, 5.41) is 7.48. The lowest BCUT2D eigenvalue weighted by Gasteiger charge is -2.14. The second-order valence-corrected chi connectivity index (χ2v) is 3.53. The number of nitrogens with two attached hydrogens (primary N) is 1. The Bertz CT molecular complexity index is 261. The van der Waals surface area contributed by atoms with Gasteiger partial charge in [0.1, 0.15) is 0 Å². The zero-order valence-corrected chi connectivity index (χ0v) is 8.31. The molecule has 0 radical (unpaired) electrons. The minimum Gasteiger partial charge on any atom is -0.329 e. The summed E-state index contributed by atoms with van der Waals surface area (Å²) >= 11 is 1.69. The van der Waals surface area contributed by atoms with E-state index in [9.17, 15) is 0 Å². The largest absolute Gasteiger partial charge is 0.329 e. The molecular formula is C10H14N2S. The molecule has 0 fully saturated rings. The molecule has 0 aliphatic heterocycles. The maximum Gasteiger partial charge on any atom is 0.0453 e. The highest BCUT2D eigenvalue weighted by atomic mass is 32.1. The van der Waals surface area contributed by atoms with Crippen LogP contribution in [0.5, 0.6) is 0 Å².